The number of nitrogens with one attached hydrogen (secondary N) is 1. The molecule has 15 heavy (non-hydrogen) atoms. The second kappa shape index (κ2) is 5.97. The lowest BCUT2D eigenvalue weighted by molar-refractivity contribution is 0.213. The Balaban J connectivity index is 2.54. The largest absolute Gasteiger partial charge is 0.327 e. The van der Waals surface area contributed by atoms with E-state index in [-0.39, 0.29) is 6.03 Å². The van der Waals surface area contributed by atoms with Gasteiger partial charge in [-0.1, -0.05) is 18.0 Å². The molecule has 0 aliphatic carbocycles. The second-order valence-corrected chi connectivity index (χ2v) is 4.38. The number of nitrogens with zero attached hydrogens (tertiary/aromatic N) is 2. The molecule has 0 spiro atoms. The van der Waals surface area contributed by atoms with Gasteiger partial charge >= 0.3 is 6.03 Å². The van der Waals surface area contributed by atoms with E-state index >= 15 is 0 Å². The van der Waals surface area contributed by atoms with Crippen LogP contribution in [0.2, 0.25) is 0 Å². The molecule has 0 fully saturated rings. The van der Waals surface area contributed by atoms with Crippen molar-refractivity contribution in [1.82, 2.24) is 14.6 Å². The van der Waals surface area contributed by atoms with Crippen LogP contribution in [0.5, 0.6) is 0 Å². The van der Waals surface area contributed by atoms with Crippen molar-refractivity contribution in [1.29, 1.82) is 0 Å². The SMILES string of the molecule is CSNC(=O)N(C)Cc1ccc(Br)nc1. The number of amides is 2. The third kappa shape index (κ3) is 4.09. The van der Waals surface area contributed by atoms with Crippen LogP contribution in [0.1, 0.15) is 5.56 Å². The van der Waals surface area contributed by atoms with Gasteiger partial charge in [0.2, 0.25) is 0 Å². The maximum atomic E-state index is 11.4. The average molecular weight is 290 g/mol. The number of urea groups is 1. The summed E-state index contributed by atoms with van der Waals surface area (Å²) in [7, 11) is 1.74. The van der Waals surface area contributed by atoms with Gasteiger partial charge in [0.15, 0.2) is 0 Å². The molecule has 2 amide bonds. The van der Waals surface area contributed by atoms with E-state index in [1.807, 2.05) is 18.4 Å². The van der Waals surface area contributed by atoms with Gasteiger partial charge in [-0.3, -0.25) is 4.72 Å². The molecule has 1 heterocycles. The van der Waals surface area contributed by atoms with Crippen molar-refractivity contribution >= 4 is 33.9 Å². The first-order chi connectivity index (χ1) is 7.13. The summed E-state index contributed by atoms with van der Waals surface area (Å²) < 4.78 is 3.44. The third-order valence-electron chi connectivity index (χ3n) is 1.74. The minimum atomic E-state index is -0.106. The molecule has 0 aliphatic heterocycles. The van der Waals surface area contributed by atoms with Crippen LogP contribution in [-0.2, 0) is 6.54 Å². The van der Waals surface area contributed by atoms with Crippen LogP contribution in [0, 0.1) is 0 Å². The summed E-state index contributed by atoms with van der Waals surface area (Å²) >= 11 is 4.54. The van der Waals surface area contributed by atoms with Crippen molar-refractivity contribution < 1.29 is 4.79 Å². The van der Waals surface area contributed by atoms with E-state index in [1.165, 1.54) is 11.9 Å². The van der Waals surface area contributed by atoms with Crippen molar-refractivity contribution in [3.05, 3.63) is 28.5 Å². The van der Waals surface area contributed by atoms with Crippen molar-refractivity contribution in [2.24, 2.45) is 0 Å². The van der Waals surface area contributed by atoms with E-state index in [0.29, 0.717) is 6.54 Å². The maximum absolute atomic E-state index is 11.4. The minimum absolute atomic E-state index is 0.106. The summed E-state index contributed by atoms with van der Waals surface area (Å²) in [4.78, 5) is 17.1. The molecule has 1 aromatic rings. The molecule has 0 unspecified atom stereocenters. The minimum Gasteiger partial charge on any atom is -0.323 e. The number of hydrogen-bond donors (Lipinski definition) is 1. The summed E-state index contributed by atoms with van der Waals surface area (Å²) in [6, 6.07) is 3.68. The Morgan fingerprint density at radius 2 is 2.40 bits per heavy atom. The van der Waals surface area contributed by atoms with Crippen LogP contribution < -0.4 is 4.72 Å². The van der Waals surface area contributed by atoms with Crippen LogP contribution in [0.4, 0.5) is 4.79 Å². The number of carbonyl (C=O) groups is 1. The summed E-state index contributed by atoms with van der Waals surface area (Å²) in [6.45, 7) is 0.548. The molecule has 82 valence electrons. The fourth-order valence-corrected chi connectivity index (χ4v) is 1.58. The highest BCUT2D eigenvalue weighted by molar-refractivity contribution is 9.10. The van der Waals surface area contributed by atoms with E-state index in [0.717, 1.165) is 10.2 Å². The van der Waals surface area contributed by atoms with Crippen LogP contribution in [-0.4, -0.2) is 29.2 Å². The molecule has 0 aliphatic rings. The molecule has 1 aromatic heterocycles. The number of rotatable bonds is 3. The van der Waals surface area contributed by atoms with Gasteiger partial charge in [-0.25, -0.2) is 9.78 Å². The highest BCUT2D eigenvalue weighted by Gasteiger charge is 2.07. The molecule has 1 rings (SSSR count). The predicted octanol–water partition coefficient (Wildman–Crippen LogP) is 2.26. The van der Waals surface area contributed by atoms with Gasteiger partial charge in [0.05, 0.1) is 0 Å². The number of halogens is 1. The van der Waals surface area contributed by atoms with E-state index < -0.39 is 0 Å². The summed E-state index contributed by atoms with van der Waals surface area (Å²) in [5, 5.41) is 0. The Morgan fingerprint density at radius 3 is 2.93 bits per heavy atom. The average Bonchev–Trinajstić information content (AvgIpc) is 2.22. The van der Waals surface area contributed by atoms with Crippen LogP contribution in [0.15, 0.2) is 22.9 Å². The molecule has 1 N–H and O–H groups in total. The van der Waals surface area contributed by atoms with E-state index in [1.54, 1.807) is 18.1 Å². The Hall–Kier alpha value is -0.750. The number of aromatic nitrogens is 1. The second-order valence-electron chi connectivity index (χ2n) is 2.96. The molecule has 0 saturated carbocycles. The zero-order valence-electron chi connectivity index (χ0n) is 8.53. The molecule has 0 saturated heterocycles. The first kappa shape index (κ1) is 12.3. The lowest BCUT2D eigenvalue weighted by atomic mass is 10.3. The maximum Gasteiger partial charge on any atom is 0.327 e. The molecule has 4 nitrogen and oxygen atoms in total. The monoisotopic (exact) mass is 289 g/mol. The topological polar surface area (TPSA) is 45.2 Å². The fraction of sp³-hybridized carbons (Fsp3) is 0.333. The van der Waals surface area contributed by atoms with Crippen LogP contribution in [0.25, 0.3) is 0 Å². The van der Waals surface area contributed by atoms with Crippen molar-refractivity contribution in [2.45, 2.75) is 6.54 Å². The van der Waals surface area contributed by atoms with Gasteiger partial charge in [-0.05, 0) is 27.6 Å². The van der Waals surface area contributed by atoms with E-state index in [4.69, 9.17) is 0 Å². The molecule has 0 bridgehead atoms. The zero-order valence-corrected chi connectivity index (χ0v) is 10.9. The van der Waals surface area contributed by atoms with Gasteiger partial charge in [-0.15, -0.1) is 0 Å². The fourth-order valence-electron chi connectivity index (χ4n) is 1.01. The standard InChI is InChI=1S/C9H12BrN3OS/c1-13(9(14)12-15-2)6-7-3-4-8(10)11-5-7/h3-5H,6H2,1-2H3,(H,12,14). The Labute approximate surface area is 102 Å². The smallest absolute Gasteiger partial charge is 0.323 e. The Morgan fingerprint density at radius 1 is 1.67 bits per heavy atom. The highest BCUT2D eigenvalue weighted by Crippen LogP contribution is 2.08. The van der Waals surface area contributed by atoms with E-state index in [2.05, 4.69) is 25.6 Å². The van der Waals surface area contributed by atoms with Gasteiger partial charge in [-0.2, -0.15) is 0 Å². The Kier molecular flexibility index (Phi) is 4.90. The van der Waals surface area contributed by atoms with Gasteiger partial charge in [0.1, 0.15) is 4.60 Å². The first-order valence-electron chi connectivity index (χ1n) is 4.28. The van der Waals surface area contributed by atoms with Gasteiger partial charge in [0.25, 0.3) is 0 Å². The highest BCUT2D eigenvalue weighted by atomic mass is 79.9. The molecular formula is C9H12BrN3OS. The quantitative estimate of drug-likeness (QED) is 0.686. The summed E-state index contributed by atoms with van der Waals surface area (Å²) in [5.41, 5.74) is 0.997. The Bertz CT molecular complexity index is 331. The lowest BCUT2D eigenvalue weighted by Crippen LogP contribution is -2.32. The lowest BCUT2D eigenvalue weighted by Gasteiger charge is -2.16. The number of pyridine rings is 1. The molecular weight excluding hydrogens is 278 g/mol. The van der Waals surface area contributed by atoms with Gasteiger partial charge in [0, 0.05) is 26.0 Å². The number of carbonyl (C=O) groups excluding carboxylic acids is 1. The zero-order chi connectivity index (χ0) is 11.3. The molecule has 0 aromatic carbocycles. The van der Waals surface area contributed by atoms with Crippen molar-refractivity contribution in [2.75, 3.05) is 13.3 Å². The molecule has 0 radical (unpaired) electrons. The van der Waals surface area contributed by atoms with E-state index in [9.17, 15) is 4.79 Å². The van der Waals surface area contributed by atoms with Crippen LogP contribution >= 0.6 is 27.9 Å². The summed E-state index contributed by atoms with van der Waals surface area (Å²) in [5.74, 6) is 0. The summed E-state index contributed by atoms with van der Waals surface area (Å²) in [6.07, 6.45) is 3.56. The third-order valence-corrected chi connectivity index (χ3v) is 2.59. The normalized spacial score (nSPS) is 9.80. The van der Waals surface area contributed by atoms with Crippen molar-refractivity contribution in [3.63, 3.8) is 0 Å². The van der Waals surface area contributed by atoms with Crippen LogP contribution in [0.3, 0.4) is 0 Å². The molecule has 6 heteroatoms. The van der Waals surface area contributed by atoms with Crippen molar-refractivity contribution in [3.8, 4) is 0 Å². The number of hydrogen-bond acceptors (Lipinski definition) is 3. The molecule has 0 atom stereocenters. The van der Waals surface area contributed by atoms with Gasteiger partial charge < -0.3 is 4.90 Å². The first-order valence-corrected chi connectivity index (χ1v) is 6.29. The predicted molar refractivity (Wildman–Crippen MR) is 65.5 cm³/mol.